The zero-order valence-electron chi connectivity index (χ0n) is 7.82. The summed E-state index contributed by atoms with van der Waals surface area (Å²) in [5, 5.41) is 1.57. The van der Waals surface area contributed by atoms with Gasteiger partial charge in [0.1, 0.15) is 0 Å². The van der Waals surface area contributed by atoms with Gasteiger partial charge in [0.2, 0.25) is 0 Å². The van der Waals surface area contributed by atoms with E-state index in [0.29, 0.717) is 5.06 Å². The number of methoxy groups -OCH3 is 1. The monoisotopic (exact) mass is 286 g/mol. The minimum atomic E-state index is -0.694. The van der Waals surface area contributed by atoms with Crippen LogP contribution in [0.3, 0.4) is 0 Å². The molecule has 15 heavy (non-hydrogen) atoms. The van der Waals surface area contributed by atoms with Gasteiger partial charge in [0.25, 0.3) is 0 Å². The van der Waals surface area contributed by atoms with Crippen molar-refractivity contribution in [2.75, 3.05) is 7.11 Å². The molecular formula is C10H7BrO3S. The largest absolute Gasteiger partial charge is 0.514 e. The molecule has 2 rings (SSSR count). The number of thiophene rings is 1. The number of hydrogen-bond donors (Lipinski definition) is 0. The van der Waals surface area contributed by atoms with Crippen LogP contribution in [0.25, 0.3) is 10.1 Å². The molecule has 78 valence electrons. The molecule has 0 aliphatic carbocycles. The number of halogens is 1. The van der Waals surface area contributed by atoms with Crippen LogP contribution in [-0.2, 0) is 4.74 Å². The summed E-state index contributed by atoms with van der Waals surface area (Å²) in [6.07, 6.45) is -0.694. The molecule has 0 atom stereocenters. The van der Waals surface area contributed by atoms with Crippen molar-refractivity contribution in [1.82, 2.24) is 0 Å². The predicted molar refractivity (Wildman–Crippen MR) is 62.6 cm³/mol. The molecule has 1 heterocycles. The van der Waals surface area contributed by atoms with E-state index in [0.717, 1.165) is 14.6 Å². The van der Waals surface area contributed by atoms with Gasteiger partial charge in [-0.3, -0.25) is 0 Å². The van der Waals surface area contributed by atoms with Crippen LogP contribution in [0.2, 0.25) is 0 Å². The molecule has 0 radical (unpaired) electrons. The molecule has 0 aliphatic rings. The van der Waals surface area contributed by atoms with Gasteiger partial charge in [0, 0.05) is 15.2 Å². The van der Waals surface area contributed by atoms with E-state index in [9.17, 15) is 4.79 Å². The van der Waals surface area contributed by atoms with Gasteiger partial charge >= 0.3 is 6.16 Å². The lowest BCUT2D eigenvalue weighted by Gasteiger charge is -1.96. The number of rotatable bonds is 1. The third-order valence-electron chi connectivity index (χ3n) is 1.81. The van der Waals surface area contributed by atoms with Crippen molar-refractivity contribution in [2.45, 2.75) is 0 Å². The third kappa shape index (κ3) is 2.30. The van der Waals surface area contributed by atoms with Gasteiger partial charge in [-0.05, 0) is 23.6 Å². The lowest BCUT2D eigenvalue weighted by molar-refractivity contribution is 0.123. The van der Waals surface area contributed by atoms with Crippen molar-refractivity contribution in [1.29, 1.82) is 0 Å². The highest BCUT2D eigenvalue weighted by molar-refractivity contribution is 9.10. The fourth-order valence-electron chi connectivity index (χ4n) is 1.16. The Kier molecular flexibility index (Phi) is 2.93. The Labute approximate surface area is 98.7 Å². The quantitative estimate of drug-likeness (QED) is 0.748. The minimum absolute atomic E-state index is 0.537. The highest BCUT2D eigenvalue weighted by Crippen LogP contribution is 2.33. The summed E-state index contributed by atoms with van der Waals surface area (Å²) in [5.74, 6) is 0. The normalized spacial score (nSPS) is 10.3. The van der Waals surface area contributed by atoms with Crippen molar-refractivity contribution >= 4 is 43.5 Å². The highest BCUT2D eigenvalue weighted by atomic mass is 79.9. The summed E-state index contributed by atoms with van der Waals surface area (Å²) >= 11 is 4.78. The van der Waals surface area contributed by atoms with E-state index < -0.39 is 6.16 Å². The van der Waals surface area contributed by atoms with E-state index in [2.05, 4.69) is 20.7 Å². The molecule has 5 heteroatoms. The SMILES string of the molecule is COC(=O)Oc1cc2cc(Br)ccc2s1. The highest BCUT2D eigenvalue weighted by Gasteiger charge is 2.07. The summed E-state index contributed by atoms with van der Waals surface area (Å²) in [6.45, 7) is 0. The van der Waals surface area contributed by atoms with Gasteiger partial charge in [-0.15, -0.1) is 0 Å². The molecule has 0 saturated carbocycles. The molecular weight excluding hydrogens is 280 g/mol. The summed E-state index contributed by atoms with van der Waals surface area (Å²) < 4.78 is 11.4. The Morgan fingerprint density at radius 2 is 2.20 bits per heavy atom. The number of hydrogen-bond acceptors (Lipinski definition) is 4. The Hall–Kier alpha value is -1.07. The Morgan fingerprint density at radius 1 is 1.40 bits per heavy atom. The first kappa shape index (κ1) is 10.4. The molecule has 0 unspecified atom stereocenters. The maximum atomic E-state index is 10.9. The number of carbonyl (C=O) groups excluding carboxylic acids is 1. The smallest absolute Gasteiger partial charge is 0.437 e. The zero-order valence-corrected chi connectivity index (χ0v) is 10.2. The van der Waals surface area contributed by atoms with Crippen molar-refractivity contribution in [2.24, 2.45) is 0 Å². The van der Waals surface area contributed by atoms with Crippen molar-refractivity contribution in [3.05, 3.63) is 28.7 Å². The second-order valence-electron chi connectivity index (χ2n) is 2.80. The van der Waals surface area contributed by atoms with Crippen LogP contribution in [-0.4, -0.2) is 13.3 Å². The van der Waals surface area contributed by atoms with Crippen LogP contribution in [0, 0.1) is 0 Å². The van der Waals surface area contributed by atoms with E-state index in [-0.39, 0.29) is 0 Å². The van der Waals surface area contributed by atoms with Crippen LogP contribution >= 0.6 is 27.3 Å². The lowest BCUT2D eigenvalue weighted by Crippen LogP contribution is -2.05. The number of benzene rings is 1. The fraction of sp³-hybridized carbons (Fsp3) is 0.100. The summed E-state index contributed by atoms with van der Waals surface area (Å²) in [5.41, 5.74) is 0. The Balaban J connectivity index is 2.34. The Bertz CT molecular complexity index is 506. The standard InChI is InChI=1S/C10H7BrO3S/c1-13-10(12)14-9-5-6-4-7(11)2-3-8(6)15-9/h2-5H,1H3. The second kappa shape index (κ2) is 4.20. The average molecular weight is 287 g/mol. The molecule has 0 N–H and O–H groups in total. The molecule has 3 nitrogen and oxygen atoms in total. The molecule has 0 amide bonds. The summed E-state index contributed by atoms with van der Waals surface area (Å²) in [7, 11) is 1.28. The first-order valence-electron chi connectivity index (χ1n) is 4.14. The molecule has 2 aromatic rings. The van der Waals surface area contributed by atoms with E-state index in [1.165, 1.54) is 18.4 Å². The van der Waals surface area contributed by atoms with Gasteiger partial charge in [-0.25, -0.2) is 4.79 Å². The lowest BCUT2D eigenvalue weighted by atomic mass is 10.3. The van der Waals surface area contributed by atoms with E-state index in [4.69, 9.17) is 4.74 Å². The van der Waals surface area contributed by atoms with E-state index in [1.807, 2.05) is 24.3 Å². The average Bonchev–Trinajstić information content (AvgIpc) is 2.59. The van der Waals surface area contributed by atoms with Gasteiger partial charge in [-0.2, -0.15) is 0 Å². The number of carbonyl (C=O) groups is 1. The van der Waals surface area contributed by atoms with Crippen LogP contribution in [0.5, 0.6) is 5.06 Å². The maximum Gasteiger partial charge on any atom is 0.514 e. The molecule has 0 saturated heterocycles. The van der Waals surface area contributed by atoms with Gasteiger partial charge in [0.05, 0.1) is 7.11 Å². The van der Waals surface area contributed by atoms with E-state index >= 15 is 0 Å². The number of fused-ring (bicyclic) bond motifs is 1. The minimum Gasteiger partial charge on any atom is -0.437 e. The van der Waals surface area contributed by atoms with Crippen LogP contribution in [0.15, 0.2) is 28.7 Å². The van der Waals surface area contributed by atoms with Gasteiger partial charge in [0.15, 0.2) is 5.06 Å². The predicted octanol–water partition coefficient (Wildman–Crippen LogP) is 3.81. The number of ether oxygens (including phenoxy) is 2. The summed E-state index contributed by atoms with van der Waals surface area (Å²) in [4.78, 5) is 10.9. The molecule has 0 bridgehead atoms. The zero-order chi connectivity index (χ0) is 10.8. The second-order valence-corrected chi connectivity index (χ2v) is 4.77. The molecule has 1 aromatic carbocycles. The first-order chi connectivity index (χ1) is 7.19. The van der Waals surface area contributed by atoms with Crippen molar-refractivity contribution < 1.29 is 14.3 Å². The third-order valence-corrected chi connectivity index (χ3v) is 3.29. The topological polar surface area (TPSA) is 35.5 Å². The van der Waals surface area contributed by atoms with Crippen LogP contribution in [0.1, 0.15) is 0 Å². The first-order valence-corrected chi connectivity index (χ1v) is 5.75. The summed E-state index contributed by atoms with van der Waals surface area (Å²) in [6, 6.07) is 7.69. The van der Waals surface area contributed by atoms with Crippen LogP contribution in [0.4, 0.5) is 4.79 Å². The van der Waals surface area contributed by atoms with Gasteiger partial charge in [-0.1, -0.05) is 27.3 Å². The van der Waals surface area contributed by atoms with Crippen LogP contribution < -0.4 is 4.74 Å². The fourth-order valence-corrected chi connectivity index (χ4v) is 2.43. The van der Waals surface area contributed by atoms with E-state index in [1.54, 1.807) is 0 Å². The van der Waals surface area contributed by atoms with Crippen molar-refractivity contribution in [3.63, 3.8) is 0 Å². The molecule has 1 aromatic heterocycles. The van der Waals surface area contributed by atoms with Crippen molar-refractivity contribution in [3.8, 4) is 5.06 Å². The molecule has 0 spiro atoms. The molecule has 0 fully saturated rings. The maximum absolute atomic E-state index is 10.9. The van der Waals surface area contributed by atoms with Gasteiger partial charge < -0.3 is 9.47 Å². The molecule has 0 aliphatic heterocycles. The Morgan fingerprint density at radius 3 is 2.93 bits per heavy atom.